The van der Waals surface area contributed by atoms with Gasteiger partial charge in [-0.3, -0.25) is 0 Å². The molecule has 0 bridgehead atoms. The Morgan fingerprint density at radius 1 is 1.78 bits per heavy atom. The van der Waals surface area contributed by atoms with Gasteiger partial charge < -0.3 is 4.74 Å². The molecule has 0 spiro atoms. The molecule has 0 amide bonds. The molecule has 0 aromatic carbocycles. The second-order valence-electron chi connectivity index (χ2n) is 1.57. The summed E-state index contributed by atoms with van der Waals surface area (Å²) >= 11 is 5.37. The molecule has 0 rings (SSSR count). The molecule has 1 nitrogen and oxygen atoms in total. The van der Waals surface area contributed by atoms with E-state index in [1.807, 2.05) is 19.9 Å². The molecular weight excluding hydrogens is 136 g/mol. The summed E-state index contributed by atoms with van der Waals surface area (Å²) in [7, 11) is 0. The van der Waals surface area contributed by atoms with Crippen LogP contribution in [0.3, 0.4) is 0 Å². The number of ether oxygens (including phenoxy) is 1. The minimum Gasteiger partial charge on any atom is -0.451 e. The normalized spacial score (nSPS) is 11.2. The number of allylic oxidation sites excluding steroid dienone is 2. The quantitative estimate of drug-likeness (QED) is 0.557. The first-order chi connectivity index (χ1) is 4.20. The van der Waals surface area contributed by atoms with Crippen LogP contribution in [0.5, 0.6) is 0 Å². The zero-order chi connectivity index (χ0) is 7.28. The molecule has 9 heavy (non-hydrogen) atoms. The molecule has 0 aliphatic rings. The average Bonchev–Trinajstić information content (AvgIpc) is 1.82. The van der Waals surface area contributed by atoms with Gasteiger partial charge in [0, 0.05) is 6.42 Å². The number of hydrogen-bond acceptors (Lipinski definition) is 1. The van der Waals surface area contributed by atoms with Crippen LogP contribution in [0.1, 0.15) is 20.3 Å². The summed E-state index contributed by atoms with van der Waals surface area (Å²) < 4.78 is 4.98. The van der Waals surface area contributed by atoms with Crippen molar-refractivity contribution < 1.29 is 4.74 Å². The summed E-state index contributed by atoms with van der Waals surface area (Å²) in [5, 5.41) is 0.227. The lowest BCUT2D eigenvalue weighted by atomic mass is 10.4. The Hall–Kier alpha value is -0.430. The maximum atomic E-state index is 5.37. The number of halogens is 1. The van der Waals surface area contributed by atoms with E-state index in [0.29, 0.717) is 0 Å². The highest BCUT2D eigenvalue weighted by Gasteiger charge is 1.92. The Labute approximate surface area is 61.0 Å². The molecule has 0 saturated carbocycles. The van der Waals surface area contributed by atoms with Gasteiger partial charge in [0.25, 0.3) is 0 Å². The zero-order valence-electron chi connectivity index (χ0n) is 5.78. The van der Waals surface area contributed by atoms with Crippen molar-refractivity contribution in [2.75, 3.05) is 0 Å². The van der Waals surface area contributed by atoms with E-state index in [4.69, 9.17) is 16.3 Å². The highest BCUT2D eigenvalue weighted by molar-refractivity contribution is 6.28. The lowest BCUT2D eigenvalue weighted by molar-refractivity contribution is 0.323. The molecule has 0 heterocycles. The third kappa shape index (κ3) is 4.10. The summed E-state index contributed by atoms with van der Waals surface area (Å²) in [6, 6.07) is 0. The minimum absolute atomic E-state index is 0.227. The maximum Gasteiger partial charge on any atom is 0.186 e. The van der Waals surface area contributed by atoms with Crippen molar-refractivity contribution in [1.82, 2.24) is 0 Å². The fourth-order valence-corrected chi connectivity index (χ4v) is 0.577. The summed E-state index contributed by atoms with van der Waals surface area (Å²) in [5.74, 6) is 0.856. The molecule has 0 aromatic rings. The Balaban J connectivity index is 3.71. The first-order valence-electron chi connectivity index (χ1n) is 2.88. The molecule has 0 aliphatic heterocycles. The fraction of sp³-hybridized carbons (Fsp3) is 0.429. The van der Waals surface area contributed by atoms with Crippen LogP contribution in [0.4, 0.5) is 0 Å². The average molecular weight is 147 g/mol. The SMILES string of the molecule is C=C(Cl)O/C(=C\C)CC. The van der Waals surface area contributed by atoms with Crippen molar-refractivity contribution in [3.8, 4) is 0 Å². The van der Waals surface area contributed by atoms with Gasteiger partial charge >= 0.3 is 0 Å². The van der Waals surface area contributed by atoms with Gasteiger partial charge in [-0.05, 0) is 31.2 Å². The monoisotopic (exact) mass is 146 g/mol. The van der Waals surface area contributed by atoms with E-state index < -0.39 is 0 Å². The van der Waals surface area contributed by atoms with Gasteiger partial charge in [0.15, 0.2) is 5.22 Å². The molecule has 0 N–H and O–H groups in total. The molecule has 0 radical (unpaired) electrons. The molecule has 0 atom stereocenters. The zero-order valence-corrected chi connectivity index (χ0v) is 6.53. The molecular formula is C7H11ClO. The van der Waals surface area contributed by atoms with E-state index in [1.54, 1.807) is 0 Å². The Morgan fingerprint density at radius 3 is 2.44 bits per heavy atom. The third-order valence-corrected chi connectivity index (χ3v) is 0.989. The fourth-order valence-electron chi connectivity index (χ4n) is 0.477. The lowest BCUT2D eigenvalue weighted by Gasteiger charge is -2.02. The van der Waals surface area contributed by atoms with Crippen molar-refractivity contribution in [1.29, 1.82) is 0 Å². The minimum atomic E-state index is 0.227. The van der Waals surface area contributed by atoms with E-state index >= 15 is 0 Å². The van der Waals surface area contributed by atoms with E-state index in [-0.39, 0.29) is 5.22 Å². The molecule has 0 aromatic heterocycles. The van der Waals surface area contributed by atoms with Crippen molar-refractivity contribution in [2.45, 2.75) is 20.3 Å². The van der Waals surface area contributed by atoms with E-state index in [1.165, 1.54) is 0 Å². The van der Waals surface area contributed by atoms with Gasteiger partial charge in [0.2, 0.25) is 0 Å². The predicted octanol–water partition coefficient (Wildman–Crippen LogP) is 3.03. The van der Waals surface area contributed by atoms with Gasteiger partial charge in [0.05, 0.1) is 0 Å². The van der Waals surface area contributed by atoms with Gasteiger partial charge in [0.1, 0.15) is 5.76 Å². The van der Waals surface area contributed by atoms with E-state index in [9.17, 15) is 0 Å². The van der Waals surface area contributed by atoms with Gasteiger partial charge in [-0.2, -0.15) is 0 Å². The Morgan fingerprint density at radius 2 is 2.33 bits per heavy atom. The van der Waals surface area contributed by atoms with Crippen molar-refractivity contribution >= 4 is 11.6 Å². The van der Waals surface area contributed by atoms with Crippen molar-refractivity contribution in [3.05, 3.63) is 23.6 Å². The first-order valence-corrected chi connectivity index (χ1v) is 3.26. The molecule has 0 fully saturated rings. The van der Waals surface area contributed by atoms with Gasteiger partial charge in [-0.25, -0.2) is 0 Å². The second kappa shape index (κ2) is 4.45. The topological polar surface area (TPSA) is 9.23 Å². The molecule has 52 valence electrons. The lowest BCUT2D eigenvalue weighted by Crippen LogP contribution is -1.83. The summed E-state index contributed by atoms with van der Waals surface area (Å²) in [6.45, 7) is 7.29. The van der Waals surface area contributed by atoms with Crippen molar-refractivity contribution in [3.63, 3.8) is 0 Å². The number of rotatable bonds is 3. The largest absolute Gasteiger partial charge is 0.451 e. The van der Waals surface area contributed by atoms with Gasteiger partial charge in [-0.1, -0.05) is 6.92 Å². The highest BCUT2D eigenvalue weighted by Crippen LogP contribution is 2.10. The maximum absolute atomic E-state index is 5.37. The molecule has 0 unspecified atom stereocenters. The smallest absolute Gasteiger partial charge is 0.186 e. The van der Waals surface area contributed by atoms with Crippen LogP contribution in [0.15, 0.2) is 23.6 Å². The van der Waals surface area contributed by atoms with Crippen LogP contribution in [-0.2, 0) is 4.74 Å². The predicted molar refractivity (Wildman–Crippen MR) is 40.1 cm³/mol. The first kappa shape index (κ1) is 8.57. The van der Waals surface area contributed by atoms with E-state index in [0.717, 1.165) is 12.2 Å². The Bertz CT molecular complexity index is 127. The molecule has 0 saturated heterocycles. The summed E-state index contributed by atoms with van der Waals surface area (Å²) in [6.07, 6.45) is 2.72. The van der Waals surface area contributed by atoms with Crippen LogP contribution in [0.2, 0.25) is 0 Å². The summed E-state index contributed by atoms with van der Waals surface area (Å²) in [5.41, 5.74) is 0. The second-order valence-corrected chi connectivity index (χ2v) is 1.99. The van der Waals surface area contributed by atoms with Crippen LogP contribution >= 0.6 is 11.6 Å². The van der Waals surface area contributed by atoms with Crippen LogP contribution in [0, 0.1) is 0 Å². The van der Waals surface area contributed by atoms with E-state index in [2.05, 4.69) is 6.58 Å². The third-order valence-electron chi connectivity index (χ3n) is 0.912. The highest BCUT2D eigenvalue weighted by atomic mass is 35.5. The van der Waals surface area contributed by atoms with Crippen LogP contribution in [-0.4, -0.2) is 0 Å². The van der Waals surface area contributed by atoms with Crippen LogP contribution < -0.4 is 0 Å². The van der Waals surface area contributed by atoms with Gasteiger partial charge in [-0.15, -0.1) is 0 Å². The standard InChI is InChI=1S/C7H11ClO/c1-4-7(5-2)9-6(3)8/h4H,3,5H2,1-2H3/b7-4-. The van der Waals surface area contributed by atoms with Crippen molar-refractivity contribution in [2.24, 2.45) is 0 Å². The number of hydrogen-bond donors (Lipinski definition) is 0. The molecule has 2 heteroatoms. The molecule has 0 aliphatic carbocycles. The summed E-state index contributed by atoms with van der Waals surface area (Å²) in [4.78, 5) is 0. The Kier molecular flexibility index (Phi) is 4.24. The van der Waals surface area contributed by atoms with Crippen LogP contribution in [0.25, 0.3) is 0 Å².